The summed E-state index contributed by atoms with van der Waals surface area (Å²) in [5, 5.41) is 4.23. The number of sulfonamides is 1. The molecule has 0 fully saturated rings. The van der Waals surface area contributed by atoms with Crippen molar-refractivity contribution in [1.82, 2.24) is 10.2 Å². The van der Waals surface area contributed by atoms with Crippen molar-refractivity contribution < 1.29 is 18.0 Å². The fraction of sp³-hybridized carbons (Fsp3) is 0.462. The molecule has 2 aromatic carbocycles. The molecular formula is C26H34Cl3N3O4S. The highest BCUT2D eigenvalue weighted by Crippen LogP contribution is 2.25. The van der Waals surface area contributed by atoms with Crippen molar-refractivity contribution >= 4 is 62.3 Å². The van der Waals surface area contributed by atoms with Gasteiger partial charge in [0.2, 0.25) is 21.8 Å². The highest BCUT2D eigenvalue weighted by atomic mass is 35.5. The molecule has 0 unspecified atom stereocenters. The molecule has 2 aromatic rings. The lowest BCUT2D eigenvalue weighted by Gasteiger charge is -2.32. The molecule has 0 aromatic heterocycles. The lowest BCUT2D eigenvalue weighted by atomic mass is 10.1. The van der Waals surface area contributed by atoms with Gasteiger partial charge in [0.05, 0.1) is 11.9 Å². The Kier molecular flexibility index (Phi) is 12.0. The molecule has 0 radical (unpaired) electrons. The molecule has 2 atom stereocenters. The minimum atomic E-state index is -3.61. The maximum atomic E-state index is 13.5. The van der Waals surface area contributed by atoms with Crippen LogP contribution >= 0.6 is 34.8 Å². The third-order valence-corrected chi connectivity index (χ3v) is 8.01. The molecule has 37 heavy (non-hydrogen) atoms. The molecule has 0 bridgehead atoms. The maximum absolute atomic E-state index is 13.5. The van der Waals surface area contributed by atoms with Crippen LogP contribution in [0.2, 0.25) is 15.1 Å². The Balaban J connectivity index is 2.26. The van der Waals surface area contributed by atoms with Gasteiger partial charge in [0.15, 0.2) is 0 Å². The Labute approximate surface area is 235 Å². The van der Waals surface area contributed by atoms with Crippen molar-refractivity contribution in [3.63, 3.8) is 0 Å². The molecule has 0 aliphatic heterocycles. The van der Waals surface area contributed by atoms with E-state index in [1.807, 2.05) is 20.8 Å². The highest BCUT2D eigenvalue weighted by molar-refractivity contribution is 7.92. The fourth-order valence-electron chi connectivity index (χ4n) is 3.83. The number of carbonyl (C=O) groups is 2. The molecule has 2 rings (SSSR count). The van der Waals surface area contributed by atoms with Crippen LogP contribution in [0, 0.1) is 0 Å². The summed E-state index contributed by atoms with van der Waals surface area (Å²) in [6.07, 6.45) is 2.54. The van der Waals surface area contributed by atoms with Gasteiger partial charge in [0.1, 0.15) is 6.04 Å². The number of halogens is 3. The maximum Gasteiger partial charge on any atom is 0.243 e. The number of hydrogen-bond donors (Lipinski definition) is 1. The van der Waals surface area contributed by atoms with Crippen molar-refractivity contribution in [2.75, 3.05) is 17.1 Å². The number of nitrogens with zero attached hydrogens (tertiary/aromatic N) is 2. The van der Waals surface area contributed by atoms with Crippen molar-refractivity contribution in [1.29, 1.82) is 0 Å². The number of anilines is 1. The lowest BCUT2D eigenvalue weighted by Crippen LogP contribution is -2.50. The van der Waals surface area contributed by atoms with E-state index in [4.69, 9.17) is 34.8 Å². The number of amides is 2. The normalized spacial score (nSPS) is 13.1. The smallest absolute Gasteiger partial charge is 0.243 e. The summed E-state index contributed by atoms with van der Waals surface area (Å²) >= 11 is 18.5. The number of carbonyl (C=O) groups excluding carboxylic acids is 2. The van der Waals surface area contributed by atoms with Crippen molar-refractivity contribution in [3.05, 3.63) is 63.1 Å². The van der Waals surface area contributed by atoms with Gasteiger partial charge in [-0.2, -0.15) is 0 Å². The Hall–Kier alpha value is -2.00. The second kappa shape index (κ2) is 14.2. The summed E-state index contributed by atoms with van der Waals surface area (Å²) < 4.78 is 26.1. The monoisotopic (exact) mass is 589 g/mol. The van der Waals surface area contributed by atoms with E-state index in [0.29, 0.717) is 32.7 Å². The molecule has 2 amide bonds. The number of benzene rings is 2. The average molecular weight is 591 g/mol. The zero-order valence-electron chi connectivity index (χ0n) is 21.5. The van der Waals surface area contributed by atoms with Gasteiger partial charge >= 0.3 is 0 Å². The Morgan fingerprint density at radius 3 is 2.24 bits per heavy atom. The van der Waals surface area contributed by atoms with Crippen LogP contribution in [0.4, 0.5) is 5.69 Å². The van der Waals surface area contributed by atoms with Gasteiger partial charge in [-0.15, -0.1) is 0 Å². The molecule has 0 saturated heterocycles. The zero-order valence-corrected chi connectivity index (χ0v) is 24.6. The number of nitrogens with one attached hydrogen (secondary N) is 1. The fourth-order valence-corrected chi connectivity index (χ4v) is 5.44. The molecular weight excluding hydrogens is 557 g/mol. The van der Waals surface area contributed by atoms with E-state index in [1.54, 1.807) is 42.5 Å². The van der Waals surface area contributed by atoms with E-state index in [1.165, 1.54) is 9.21 Å². The van der Waals surface area contributed by atoms with E-state index in [-0.39, 0.29) is 43.8 Å². The van der Waals surface area contributed by atoms with E-state index >= 15 is 0 Å². The predicted octanol–water partition coefficient (Wildman–Crippen LogP) is 5.92. The molecule has 0 aliphatic carbocycles. The van der Waals surface area contributed by atoms with Crippen LogP contribution in [0.25, 0.3) is 0 Å². The molecule has 0 aliphatic rings. The van der Waals surface area contributed by atoms with Gasteiger partial charge in [0, 0.05) is 40.6 Å². The minimum Gasteiger partial charge on any atom is -0.352 e. The van der Waals surface area contributed by atoms with Gasteiger partial charge in [-0.3, -0.25) is 13.9 Å². The van der Waals surface area contributed by atoms with Crippen LogP contribution in [0.5, 0.6) is 0 Å². The largest absolute Gasteiger partial charge is 0.352 e. The van der Waals surface area contributed by atoms with Crippen LogP contribution in [0.15, 0.2) is 42.5 Å². The van der Waals surface area contributed by atoms with Gasteiger partial charge < -0.3 is 10.2 Å². The third-order valence-electron chi connectivity index (χ3n) is 5.99. The first-order valence-electron chi connectivity index (χ1n) is 12.1. The van der Waals surface area contributed by atoms with E-state index in [9.17, 15) is 18.0 Å². The lowest BCUT2D eigenvalue weighted by molar-refractivity contribution is -0.141. The Morgan fingerprint density at radius 2 is 1.68 bits per heavy atom. The quantitative estimate of drug-likeness (QED) is 0.314. The first-order chi connectivity index (χ1) is 17.4. The first kappa shape index (κ1) is 31.2. The molecule has 0 spiro atoms. The zero-order chi connectivity index (χ0) is 27.8. The predicted molar refractivity (Wildman–Crippen MR) is 152 cm³/mol. The summed E-state index contributed by atoms with van der Waals surface area (Å²) in [7, 11) is -3.61. The van der Waals surface area contributed by atoms with Crippen molar-refractivity contribution in [3.8, 4) is 0 Å². The molecule has 0 heterocycles. The third kappa shape index (κ3) is 9.36. The molecule has 7 nitrogen and oxygen atoms in total. The topological polar surface area (TPSA) is 86.8 Å². The summed E-state index contributed by atoms with van der Waals surface area (Å²) in [6.45, 7) is 5.91. The van der Waals surface area contributed by atoms with Gasteiger partial charge in [0.25, 0.3) is 0 Å². The summed E-state index contributed by atoms with van der Waals surface area (Å²) in [6, 6.07) is 10.8. The van der Waals surface area contributed by atoms with Crippen LogP contribution < -0.4 is 9.62 Å². The number of hydrogen-bond acceptors (Lipinski definition) is 4. The summed E-state index contributed by atoms with van der Waals surface area (Å²) in [4.78, 5) is 28.1. The Bertz CT molecular complexity index is 1190. The van der Waals surface area contributed by atoms with Gasteiger partial charge in [-0.05, 0) is 62.1 Å². The van der Waals surface area contributed by atoms with Gasteiger partial charge in [-0.25, -0.2) is 8.42 Å². The summed E-state index contributed by atoms with van der Waals surface area (Å²) in [5.41, 5.74) is 1.08. The standard InChI is InChI=1S/C26H34Cl3N3O4S/c1-5-18(3)30-26(34)24(6-2)31(17-19-12-13-21(28)16-23(19)29)25(33)11-8-14-32(37(4,35)36)22-10-7-9-20(27)15-22/h7,9-10,12-13,15-16,18,24H,5-6,8,11,14,17H2,1-4H3,(H,30,34)/t18-,24+/m0/s1. The highest BCUT2D eigenvalue weighted by Gasteiger charge is 2.30. The second-order valence-electron chi connectivity index (χ2n) is 8.92. The van der Waals surface area contributed by atoms with E-state index in [2.05, 4.69) is 5.32 Å². The molecule has 1 N–H and O–H groups in total. The van der Waals surface area contributed by atoms with Crippen molar-refractivity contribution in [2.24, 2.45) is 0 Å². The molecule has 11 heteroatoms. The average Bonchev–Trinajstić information content (AvgIpc) is 2.81. The van der Waals surface area contributed by atoms with Crippen LogP contribution in [0.3, 0.4) is 0 Å². The summed E-state index contributed by atoms with van der Waals surface area (Å²) in [5.74, 6) is -0.524. The van der Waals surface area contributed by atoms with E-state index in [0.717, 1.165) is 12.7 Å². The van der Waals surface area contributed by atoms with Gasteiger partial charge in [-0.1, -0.05) is 60.8 Å². The molecule has 0 saturated carbocycles. The van der Waals surface area contributed by atoms with E-state index < -0.39 is 16.1 Å². The van der Waals surface area contributed by atoms with Crippen LogP contribution in [-0.4, -0.2) is 50.0 Å². The SMILES string of the molecule is CC[C@H](C(=O)N[C@@H](C)CC)N(Cc1ccc(Cl)cc1Cl)C(=O)CCCN(c1cccc(Cl)c1)S(C)(=O)=O. The Morgan fingerprint density at radius 1 is 1.00 bits per heavy atom. The minimum absolute atomic E-state index is 0.0326. The second-order valence-corrected chi connectivity index (χ2v) is 12.1. The first-order valence-corrected chi connectivity index (χ1v) is 15.1. The van der Waals surface area contributed by atoms with Crippen LogP contribution in [0.1, 0.15) is 52.0 Å². The number of rotatable bonds is 13. The van der Waals surface area contributed by atoms with Crippen molar-refractivity contribution in [2.45, 2.75) is 65.1 Å². The van der Waals surface area contributed by atoms with Crippen LogP contribution in [-0.2, 0) is 26.2 Å². The molecule has 204 valence electrons.